The van der Waals surface area contributed by atoms with E-state index in [1.807, 2.05) is 0 Å². The molecule has 0 fully saturated rings. The summed E-state index contributed by atoms with van der Waals surface area (Å²) in [4.78, 5) is 4.87. The van der Waals surface area contributed by atoms with E-state index in [0.29, 0.717) is 0 Å². The van der Waals surface area contributed by atoms with Crippen LogP contribution in [0.15, 0.2) is 112 Å². The molecule has 1 aliphatic carbocycles. The van der Waals surface area contributed by atoms with E-state index < -0.39 is 0 Å². The van der Waals surface area contributed by atoms with Crippen molar-refractivity contribution in [3.63, 3.8) is 0 Å². The molecule has 0 aromatic heterocycles. The Labute approximate surface area is 199 Å². The number of para-hydroxylation sites is 1. The molecule has 6 rings (SSSR count). The molecule has 3 aromatic carbocycles. The third-order valence-corrected chi connectivity index (χ3v) is 7.24. The Kier molecular flexibility index (Phi) is 5.24. The molecule has 0 atom stereocenters. The van der Waals surface area contributed by atoms with Gasteiger partial charge in [-0.2, -0.15) is 0 Å². The number of hydrogen-bond donors (Lipinski definition) is 1. The van der Waals surface area contributed by atoms with E-state index in [1.54, 1.807) is 0 Å². The molecule has 3 aliphatic rings. The Hall–Kier alpha value is -3.36. The Balaban J connectivity index is 1.21. The van der Waals surface area contributed by atoms with Gasteiger partial charge >= 0.3 is 0 Å². The second kappa shape index (κ2) is 8.53. The van der Waals surface area contributed by atoms with Gasteiger partial charge in [0.15, 0.2) is 0 Å². The first-order valence-corrected chi connectivity index (χ1v) is 12.0. The Morgan fingerprint density at radius 2 is 1.73 bits per heavy atom. The van der Waals surface area contributed by atoms with Gasteiger partial charge in [0, 0.05) is 35.0 Å². The highest BCUT2D eigenvalue weighted by Gasteiger charge is 2.18. The second-order valence-corrected chi connectivity index (χ2v) is 9.31. The predicted molar refractivity (Wildman–Crippen MR) is 141 cm³/mol. The molecule has 162 valence electrons. The number of nitrogens with zero attached hydrogens (tertiary/aromatic N) is 1. The smallest absolute Gasteiger partial charge is 0.0675 e. The van der Waals surface area contributed by atoms with Crippen LogP contribution in [0.25, 0.3) is 10.8 Å². The van der Waals surface area contributed by atoms with Crippen molar-refractivity contribution in [2.24, 2.45) is 4.99 Å². The van der Waals surface area contributed by atoms with Crippen molar-refractivity contribution in [3.8, 4) is 0 Å². The zero-order valence-corrected chi connectivity index (χ0v) is 19.2. The first kappa shape index (κ1) is 20.3. The van der Waals surface area contributed by atoms with Gasteiger partial charge in [-0.15, -0.1) is 0 Å². The van der Waals surface area contributed by atoms with Crippen molar-refractivity contribution >= 4 is 39.5 Å². The predicted octanol–water partition coefficient (Wildman–Crippen LogP) is 8.18. The van der Waals surface area contributed by atoms with Gasteiger partial charge in [0.1, 0.15) is 0 Å². The summed E-state index contributed by atoms with van der Waals surface area (Å²) in [6.45, 7) is 0. The Bertz CT molecular complexity index is 1390. The number of halogens is 1. The summed E-state index contributed by atoms with van der Waals surface area (Å²) in [5.74, 6) is 0. The minimum absolute atomic E-state index is 0.874. The maximum Gasteiger partial charge on any atom is 0.0675 e. The van der Waals surface area contributed by atoms with Crippen molar-refractivity contribution in [1.82, 2.24) is 0 Å². The molecule has 1 N–H and O–H groups in total. The summed E-state index contributed by atoms with van der Waals surface area (Å²) >= 11 is 6.85. The minimum atomic E-state index is 0.874. The molecule has 2 aliphatic heterocycles. The summed E-state index contributed by atoms with van der Waals surface area (Å²) in [5.41, 5.74) is 9.73. The van der Waals surface area contributed by atoms with Crippen molar-refractivity contribution in [1.29, 1.82) is 0 Å². The number of hydrogen-bond acceptors (Lipinski definition) is 2. The topological polar surface area (TPSA) is 24.4 Å². The lowest BCUT2D eigenvalue weighted by molar-refractivity contribution is 0.792. The van der Waals surface area contributed by atoms with Crippen LogP contribution in [0.4, 0.5) is 11.4 Å². The largest absolute Gasteiger partial charge is 0.358 e. The molecule has 0 spiro atoms. The molecule has 3 heteroatoms. The molecule has 0 saturated carbocycles. The van der Waals surface area contributed by atoms with Crippen LogP contribution in [0.3, 0.4) is 0 Å². The number of benzene rings is 3. The normalized spacial score (nSPS) is 20.0. The van der Waals surface area contributed by atoms with Gasteiger partial charge in [-0.05, 0) is 76.6 Å². The quantitative estimate of drug-likeness (QED) is 0.429. The first-order chi connectivity index (χ1) is 16.2. The van der Waals surface area contributed by atoms with Crippen LogP contribution >= 0.6 is 11.6 Å². The number of nitrogens with one attached hydrogen (secondary N) is 1. The van der Waals surface area contributed by atoms with Gasteiger partial charge < -0.3 is 5.32 Å². The molecular formula is C30H25ClN2. The summed E-state index contributed by atoms with van der Waals surface area (Å²) in [6, 6.07) is 21.3. The highest BCUT2D eigenvalue weighted by atomic mass is 35.5. The van der Waals surface area contributed by atoms with Crippen LogP contribution < -0.4 is 5.32 Å². The summed E-state index contributed by atoms with van der Waals surface area (Å²) < 4.78 is 0. The molecule has 2 heterocycles. The van der Waals surface area contributed by atoms with Gasteiger partial charge in [-0.25, -0.2) is 0 Å². The van der Waals surface area contributed by atoms with Crippen molar-refractivity contribution < 1.29 is 0 Å². The molecule has 0 bridgehead atoms. The Morgan fingerprint density at radius 1 is 0.848 bits per heavy atom. The lowest BCUT2D eigenvalue weighted by Gasteiger charge is -2.16. The number of anilines is 1. The summed E-state index contributed by atoms with van der Waals surface area (Å²) in [6.07, 6.45) is 13.7. The minimum Gasteiger partial charge on any atom is -0.358 e. The number of aliphatic imine (C=N–C) groups is 1. The van der Waals surface area contributed by atoms with E-state index in [-0.39, 0.29) is 0 Å². The zero-order chi connectivity index (χ0) is 22.2. The number of fused-ring (bicyclic) bond motifs is 4. The average Bonchev–Trinajstić information content (AvgIpc) is 3.46. The third kappa shape index (κ3) is 3.96. The molecular weight excluding hydrogens is 424 g/mol. The van der Waals surface area contributed by atoms with Crippen LogP contribution in [0, 0.1) is 0 Å². The van der Waals surface area contributed by atoms with Crippen molar-refractivity contribution in [2.45, 2.75) is 32.1 Å². The van der Waals surface area contributed by atoms with Gasteiger partial charge in [-0.3, -0.25) is 4.99 Å². The van der Waals surface area contributed by atoms with E-state index >= 15 is 0 Å². The van der Waals surface area contributed by atoms with Crippen molar-refractivity contribution in [3.05, 3.63) is 118 Å². The maximum absolute atomic E-state index is 6.85. The molecule has 2 nitrogen and oxygen atoms in total. The third-order valence-electron chi connectivity index (χ3n) is 6.75. The van der Waals surface area contributed by atoms with Gasteiger partial charge in [-0.1, -0.05) is 72.3 Å². The molecule has 0 amide bonds. The van der Waals surface area contributed by atoms with Crippen LogP contribution in [0.5, 0.6) is 0 Å². The summed E-state index contributed by atoms with van der Waals surface area (Å²) in [7, 11) is 0. The fourth-order valence-electron chi connectivity index (χ4n) is 5.01. The molecule has 0 unspecified atom stereocenters. The average molecular weight is 449 g/mol. The standard InChI is InChI=1S/C30H25ClN2/c31-30-21(12-15-24-18-23-7-2-4-11-28(23)32-24)8-5-9-22(30)13-16-25-19-27-26-10-3-1-6-20(26)14-17-29(27)33-25/h1-4,6-7,10-17,32H,5,8-9,18-19H2. The van der Waals surface area contributed by atoms with Gasteiger partial charge in [0.2, 0.25) is 0 Å². The lowest BCUT2D eigenvalue weighted by atomic mass is 9.93. The fourth-order valence-corrected chi connectivity index (χ4v) is 5.33. The highest BCUT2D eigenvalue weighted by molar-refractivity contribution is 6.32. The molecule has 0 radical (unpaired) electrons. The summed E-state index contributed by atoms with van der Waals surface area (Å²) in [5, 5.41) is 6.99. The van der Waals surface area contributed by atoms with E-state index in [1.165, 1.54) is 44.4 Å². The van der Waals surface area contributed by atoms with E-state index in [0.717, 1.165) is 48.5 Å². The monoisotopic (exact) mass is 448 g/mol. The lowest BCUT2D eigenvalue weighted by Crippen LogP contribution is -2.00. The first-order valence-electron chi connectivity index (χ1n) is 11.6. The number of allylic oxidation sites excluding steroid dienone is 8. The van der Waals surface area contributed by atoms with Gasteiger partial charge in [0.05, 0.1) is 5.69 Å². The van der Waals surface area contributed by atoms with Crippen LogP contribution in [0.2, 0.25) is 0 Å². The Morgan fingerprint density at radius 3 is 2.67 bits per heavy atom. The van der Waals surface area contributed by atoms with E-state index in [2.05, 4.69) is 90.3 Å². The molecule has 33 heavy (non-hydrogen) atoms. The van der Waals surface area contributed by atoms with Gasteiger partial charge in [0.25, 0.3) is 0 Å². The van der Waals surface area contributed by atoms with E-state index in [4.69, 9.17) is 16.6 Å². The van der Waals surface area contributed by atoms with Crippen molar-refractivity contribution in [2.75, 3.05) is 5.32 Å². The fraction of sp³-hybridized carbons (Fsp3) is 0.167. The van der Waals surface area contributed by atoms with Crippen LogP contribution in [-0.4, -0.2) is 5.71 Å². The van der Waals surface area contributed by atoms with Crippen LogP contribution in [-0.2, 0) is 12.8 Å². The highest BCUT2D eigenvalue weighted by Crippen LogP contribution is 2.36. The molecule has 3 aromatic rings. The van der Waals surface area contributed by atoms with Crippen LogP contribution in [0.1, 0.15) is 30.4 Å². The van der Waals surface area contributed by atoms with E-state index in [9.17, 15) is 0 Å². The number of rotatable bonds is 3. The molecule has 0 saturated heterocycles. The SMILES string of the molecule is ClC1=C(C=CC2=Nc3ccc4ccccc4c3C2)CCCC1=CC=C1Cc2ccccc2N1. The zero-order valence-electron chi connectivity index (χ0n) is 18.4. The maximum atomic E-state index is 6.85. The second-order valence-electron chi connectivity index (χ2n) is 8.93.